The lowest BCUT2D eigenvalue weighted by Crippen LogP contribution is -2.54. The highest BCUT2D eigenvalue weighted by Gasteiger charge is 2.27. The molecule has 2 aromatic heterocycles. The molecule has 98 valence electrons. The molecule has 0 bridgehead atoms. The smallest absolute Gasteiger partial charge is 0.242 e. The standard InChI is InChI=1S/C13H13BrN4O/c1-8-13(19)16-4-5-18(8)11-2-3-15-10-6-9(14)7-17-12(10)11/h2-3,6-8H,4-5H2,1H3,(H,16,19). The van der Waals surface area contributed by atoms with E-state index < -0.39 is 0 Å². The molecule has 1 saturated heterocycles. The Kier molecular flexibility index (Phi) is 3.10. The molecule has 0 spiro atoms. The molecule has 2 aromatic rings. The summed E-state index contributed by atoms with van der Waals surface area (Å²) < 4.78 is 0.897. The van der Waals surface area contributed by atoms with Crippen molar-refractivity contribution in [1.29, 1.82) is 0 Å². The highest BCUT2D eigenvalue weighted by molar-refractivity contribution is 9.10. The van der Waals surface area contributed by atoms with Crippen molar-refractivity contribution in [2.45, 2.75) is 13.0 Å². The first-order valence-electron chi connectivity index (χ1n) is 6.11. The van der Waals surface area contributed by atoms with Crippen molar-refractivity contribution >= 4 is 38.6 Å². The summed E-state index contributed by atoms with van der Waals surface area (Å²) >= 11 is 3.39. The van der Waals surface area contributed by atoms with Crippen LogP contribution in [0.2, 0.25) is 0 Å². The lowest BCUT2D eigenvalue weighted by atomic mass is 10.1. The maximum Gasteiger partial charge on any atom is 0.242 e. The Bertz CT molecular complexity index is 646. The number of anilines is 1. The van der Waals surface area contributed by atoms with Gasteiger partial charge in [-0.2, -0.15) is 0 Å². The molecule has 5 nitrogen and oxygen atoms in total. The van der Waals surface area contributed by atoms with Crippen LogP contribution in [-0.2, 0) is 4.79 Å². The van der Waals surface area contributed by atoms with Crippen LogP contribution in [0, 0.1) is 0 Å². The van der Waals surface area contributed by atoms with E-state index in [-0.39, 0.29) is 11.9 Å². The molecule has 0 saturated carbocycles. The number of carbonyl (C=O) groups excluding carboxylic acids is 1. The minimum absolute atomic E-state index is 0.0494. The summed E-state index contributed by atoms with van der Waals surface area (Å²) in [4.78, 5) is 22.6. The summed E-state index contributed by atoms with van der Waals surface area (Å²) in [6.07, 6.45) is 3.51. The molecule has 0 radical (unpaired) electrons. The average Bonchev–Trinajstić information content (AvgIpc) is 2.41. The molecule has 1 amide bonds. The van der Waals surface area contributed by atoms with Crippen LogP contribution in [0.15, 0.2) is 29.0 Å². The van der Waals surface area contributed by atoms with E-state index in [9.17, 15) is 4.79 Å². The van der Waals surface area contributed by atoms with Gasteiger partial charge in [-0.3, -0.25) is 14.8 Å². The number of aromatic nitrogens is 2. The number of halogens is 1. The van der Waals surface area contributed by atoms with E-state index in [2.05, 4.69) is 36.1 Å². The van der Waals surface area contributed by atoms with Gasteiger partial charge in [-0.05, 0) is 35.0 Å². The van der Waals surface area contributed by atoms with Gasteiger partial charge in [0.2, 0.25) is 5.91 Å². The number of hydrogen-bond donors (Lipinski definition) is 1. The predicted octanol–water partition coefficient (Wildman–Crippen LogP) is 1.72. The first-order valence-corrected chi connectivity index (χ1v) is 6.91. The number of rotatable bonds is 1. The minimum Gasteiger partial charge on any atom is -0.356 e. The molecular weight excluding hydrogens is 308 g/mol. The van der Waals surface area contributed by atoms with Gasteiger partial charge in [0.05, 0.1) is 11.2 Å². The quantitative estimate of drug-likeness (QED) is 0.869. The van der Waals surface area contributed by atoms with E-state index in [1.807, 2.05) is 19.1 Å². The molecule has 1 fully saturated rings. The molecule has 3 rings (SSSR count). The Morgan fingerprint density at radius 3 is 3.16 bits per heavy atom. The van der Waals surface area contributed by atoms with Crippen molar-refractivity contribution in [2.24, 2.45) is 0 Å². The fraction of sp³-hybridized carbons (Fsp3) is 0.308. The van der Waals surface area contributed by atoms with Crippen LogP contribution < -0.4 is 10.2 Å². The molecule has 1 atom stereocenters. The van der Waals surface area contributed by atoms with Crippen LogP contribution >= 0.6 is 15.9 Å². The Morgan fingerprint density at radius 2 is 2.32 bits per heavy atom. The van der Waals surface area contributed by atoms with Crippen molar-refractivity contribution in [3.05, 3.63) is 29.0 Å². The summed E-state index contributed by atoms with van der Waals surface area (Å²) in [5.74, 6) is 0.0494. The third-order valence-corrected chi connectivity index (χ3v) is 3.76. The Hall–Kier alpha value is -1.69. The monoisotopic (exact) mass is 320 g/mol. The number of nitrogens with zero attached hydrogens (tertiary/aromatic N) is 3. The van der Waals surface area contributed by atoms with E-state index in [4.69, 9.17) is 0 Å². The van der Waals surface area contributed by atoms with Gasteiger partial charge in [0.1, 0.15) is 11.6 Å². The second-order valence-corrected chi connectivity index (χ2v) is 5.43. The van der Waals surface area contributed by atoms with Gasteiger partial charge in [-0.1, -0.05) is 0 Å². The molecule has 19 heavy (non-hydrogen) atoms. The largest absolute Gasteiger partial charge is 0.356 e. The number of fused-ring (bicyclic) bond motifs is 1. The number of carbonyl (C=O) groups is 1. The summed E-state index contributed by atoms with van der Waals surface area (Å²) in [7, 11) is 0. The number of hydrogen-bond acceptors (Lipinski definition) is 4. The van der Waals surface area contributed by atoms with Crippen molar-refractivity contribution in [2.75, 3.05) is 18.0 Å². The van der Waals surface area contributed by atoms with Crippen LogP contribution in [0.3, 0.4) is 0 Å². The van der Waals surface area contributed by atoms with Crippen LogP contribution in [-0.4, -0.2) is 35.0 Å². The summed E-state index contributed by atoms with van der Waals surface area (Å²) in [5.41, 5.74) is 2.61. The summed E-state index contributed by atoms with van der Waals surface area (Å²) in [6.45, 7) is 3.34. The molecule has 6 heteroatoms. The zero-order valence-electron chi connectivity index (χ0n) is 10.4. The number of pyridine rings is 2. The zero-order chi connectivity index (χ0) is 13.4. The SMILES string of the molecule is CC1C(=O)NCCN1c1ccnc2cc(Br)cnc12. The van der Waals surface area contributed by atoms with Crippen molar-refractivity contribution in [3.8, 4) is 0 Å². The van der Waals surface area contributed by atoms with E-state index in [1.165, 1.54) is 0 Å². The number of amides is 1. The fourth-order valence-electron chi connectivity index (χ4n) is 2.33. The van der Waals surface area contributed by atoms with E-state index >= 15 is 0 Å². The van der Waals surface area contributed by atoms with Gasteiger partial charge in [-0.15, -0.1) is 0 Å². The molecule has 1 unspecified atom stereocenters. The molecule has 1 aliphatic heterocycles. The highest BCUT2D eigenvalue weighted by atomic mass is 79.9. The summed E-state index contributed by atoms with van der Waals surface area (Å²) in [5, 5.41) is 2.86. The summed E-state index contributed by atoms with van der Waals surface area (Å²) in [6, 6.07) is 3.66. The van der Waals surface area contributed by atoms with Crippen LogP contribution in [0.1, 0.15) is 6.92 Å². The van der Waals surface area contributed by atoms with Gasteiger partial charge < -0.3 is 10.2 Å². The maximum absolute atomic E-state index is 11.8. The Labute approximate surface area is 119 Å². The van der Waals surface area contributed by atoms with Crippen LogP contribution in [0.5, 0.6) is 0 Å². The third kappa shape index (κ3) is 2.16. The Balaban J connectivity index is 2.12. The van der Waals surface area contributed by atoms with Crippen LogP contribution in [0.4, 0.5) is 5.69 Å². The predicted molar refractivity (Wildman–Crippen MR) is 77.1 cm³/mol. The minimum atomic E-state index is -0.190. The number of nitrogens with one attached hydrogen (secondary N) is 1. The van der Waals surface area contributed by atoms with Gasteiger partial charge in [0.15, 0.2) is 0 Å². The number of piperazine rings is 1. The van der Waals surface area contributed by atoms with Gasteiger partial charge in [0, 0.05) is 30.0 Å². The molecule has 1 aliphatic rings. The van der Waals surface area contributed by atoms with Gasteiger partial charge >= 0.3 is 0 Å². The first-order chi connectivity index (χ1) is 9.16. The first kappa shape index (κ1) is 12.3. The van der Waals surface area contributed by atoms with Crippen molar-refractivity contribution < 1.29 is 4.79 Å². The second-order valence-electron chi connectivity index (χ2n) is 4.51. The van der Waals surface area contributed by atoms with Crippen molar-refractivity contribution in [1.82, 2.24) is 15.3 Å². The zero-order valence-corrected chi connectivity index (χ0v) is 12.0. The Morgan fingerprint density at radius 1 is 1.47 bits per heavy atom. The van der Waals surface area contributed by atoms with Gasteiger partial charge in [-0.25, -0.2) is 0 Å². The van der Waals surface area contributed by atoms with E-state index in [1.54, 1.807) is 12.4 Å². The average molecular weight is 321 g/mol. The fourth-order valence-corrected chi connectivity index (χ4v) is 2.65. The van der Waals surface area contributed by atoms with Gasteiger partial charge in [0.25, 0.3) is 0 Å². The molecule has 1 N–H and O–H groups in total. The molecular formula is C13H13BrN4O. The highest BCUT2D eigenvalue weighted by Crippen LogP contribution is 2.27. The lowest BCUT2D eigenvalue weighted by molar-refractivity contribution is -0.122. The van der Waals surface area contributed by atoms with Crippen LogP contribution in [0.25, 0.3) is 11.0 Å². The van der Waals surface area contributed by atoms with E-state index in [0.717, 1.165) is 27.7 Å². The second kappa shape index (κ2) is 4.77. The van der Waals surface area contributed by atoms with E-state index in [0.29, 0.717) is 6.54 Å². The molecule has 3 heterocycles. The molecule has 0 aliphatic carbocycles. The third-order valence-electron chi connectivity index (χ3n) is 3.33. The topological polar surface area (TPSA) is 58.1 Å². The normalized spacial score (nSPS) is 19.6. The van der Waals surface area contributed by atoms with Crippen molar-refractivity contribution in [3.63, 3.8) is 0 Å². The molecule has 0 aromatic carbocycles. The lowest BCUT2D eigenvalue weighted by Gasteiger charge is -2.34. The maximum atomic E-state index is 11.8.